The Morgan fingerprint density at radius 2 is 1.78 bits per heavy atom. The van der Waals surface area contributed by atoms with Gasteiger partial charge in [-0.3, -0.25) is 34.9 Å². The summed E-state index contributed by atoms with van der Waals surface area (Å²) in [4.78, 5) is 17.4. The number of hydrazine groups is 1. The van der Waals surface area contributed by atoms with Crippen LogP contribution in [0.2, 0.25) is 0 Å². The lowest BCUT2D eigenvalue weighted by Crippen LogP contribution is -2.77. The highest BCUT2D eigenvalue weighted by molar-refractivity contribution is 7.85. The van der Waals surface area contributed by atoms with Crippen molar-refractivity contribution < 1.29 is 9.00 Å². The standard InChI is InChI=1S/C21H34N8O2S/c30-20-18-17(13-23-27-20)25-21(29-9-11-32(31)12-10-29)26-19(18)24-16-3-1-15(2-4-16)14-28-7-5-22-6-8-28/h1-4,17-19,21-26H,5-14H2,(H,27,30). The second kappa shape index (κ2) is 10.1. The van der Waals surface area contributed by atoms with Crippen molar-refractivity contribution in [2.24, 2.45) is 5.92 Å². The van der Waals surface area contributed by atoms with Crippen LogP contribution in [-0.2, 0) is 22.1 Å². The van der Waals surface area contributed by atoms with E-state index in [4.69, 9.17) is 0 Å². The smallest absolute Gasteiger partial charge is 0.242 e. The molecule has 1 aromatic rings. The van der Waals surface area contributed by atoms with Crippen molar-refractivity contribution >= 4 is 22.4 Å². The molecule has 0 radical (unpaired) electrons. The number of anilines is 1. The molecular weight excluding hydrogens is 428 g/mol. The molecule has 0 saturated carbocycles. The minimum absolute atomic E-state index is 0.00640. The first-order valence-electron chi connectivity index (χ1n) is 11.6. The molecule has 4 fully saturated rings. The number of carbonyl (C=O) groups excluding carboxylic acids is 1. The summed E-state index contributed by atoms with van der Waals surface area (Å²) in [6.45, 7) is 7.45. The van der Waals surface area contributed by atoms with Crippen molar-refractivity contribution in [1.82, 2.24) is 36.6 Å². The van der Waals surface area contributed by atoms with E-state index in [1.807, 2.05) is 0 Å². The van der Waals surface area contributed by atoms with Gasteiger partial charge in [-0.15, -0.1) is 0 Å². The molecule has 4 heterocycles. The molecule has 1 aromatic carbocycles. The Bertz CT molecular complexity index is 809. The van der Waals surface area contributed by atoms with E-state index in [1.165, 1.54) is 5.56 Å². The lowest BCUT2D eigenvalue weighted by Gasteiger charge is -2.49. The molecule has 5 rings (SSSR count). The molecule has 176 valence electrons. The average Bonchev–Trinajstić information content (AvgIpc) is 2.81. The van der Waals surface area contributed by atoms with Gasteiger partial charge >= 0.3 is 0 Å². The molecule has 0 spiro atoms. The topological polar surface area (TPSA) is 113 Å². The first-order chi connectivity index (χ1) is 15.7. The molecule has 4 atom stereocenters. The fraction of sp³-hybridized carbons (Fsp3) is 0.667. The number of rotatable bonds is 5. The SMILES string of the molecule is O=C1NNCC2NC(N3CCS(=O)CC3)NC(Nc3ccc(CN4CCNCC4)cc3)C12. The Morgan fingerprint density at radius 3 is 2.53 bits per heavy atom. The lowest BCUT2D eigenvalue weighted by atomic mass is 9.91. The minimum atomic E-state index is -0.721. The molecule has 6 N–H and O–H groups in total. The first kappa shape index (κ1) is 22.2. The van der Waals surface area contributed by atoms with Crippen LogP contribution in [0.1, 0.15) is 5.56 Å². The van der Waals surface area contributed by atoms with Gasteiger partial charge in [0.1, 0.15) is 6.29 Å². The number of nitrogens with zero attached hydrogens (tertiary/aromatic N) is 2. The van der Waals surface area contributed by atoms with Crippen LogP contribution in [0.4, 0.5) is 5.69 Å². The normalized spacial score (nSPS) is 32.8. The van der Waals surface area contributed by atoms with Crippen LogP contribution < -0.4 is 32.1 Å². The highest BCUT2D eigenvalue weighted by Crippen LogP contribution is 2.22. The number of fused-ring (bicyclic) bond motifs is 1. The van der Waals surface area contributed by atoms with Crippen molar-refractivity contribution in [1.29, 1.82) is 0 Å². The Kier molecular flexibility index (Phi) is 7.02. The Hall–Kier alpha value is -1.60. The monoisotopic (exact) mass is 462 g/mol. The summed E-state index contributed by atoms with van der Waals surface area (Å²) >= 11 is 0. The maximum atomic E-state index is 12.7. The zero-order chi connectivity index (χ0) is 21.9. The highest BCUT2D eigenvalue weighted by atomic mass is 32.2. The van der Waals surface area contributed by atoms with Gasteiger partial charge in [0.15, 0.2) is 0 Å². The van der Waals surface area contributed by atoms with E-state index in [2.05, 4.69) is 66.2 Å². The summed E-state index contributed by atoms with van der Waals surface area (Å²) < 4.78 is 11.8. The molecule has 32 heavy (non-hydrogen) atoms. The summed E-state index contributed by atoms with van der Waals surface area (Å²) in [7, 11) is -0.721. The third-order valence-electron chi connectivity index (χ3n) is 6.81. The van der Waals surface area contributed by atoms with Crippen molar-refractivity contribution in [2.45, 2.75) is 25.0 Å². The van der Waals surface area contributed by atoms with Crippen LogP contribution in [0.25, 0.3) is 0 Å². The minimum Gasteiger partial charge on any atom is -0.369 e. The predicted octanol–water partition coefficient (Wildman–Crippen LogP) is -2.01. The summed E-state index contributed by atoms with van der Waals surface area (Å²) in [5.41, 5.74) is 8.08. The molecule has 11 heteroatoms. The van der Waals surface area contributed by atoms with E-state index >= 15 is 0 Å². The van der Waals surface area contributed by atoms with Crippen LogP contribution in [0, 0.1) is 5.92 Å². The van der Waals surface area contributed by atoms with Gasteiger partial charge in [0.25, 0.3) is 0 Å². The number of carbonyl (C=O) groups is 1. The van der Waals surface area contributed by atoms with Gasteiger partial charge in [0.05, 0.1) is 12.1 Å². The van der Waals surface area contributed by atoms with Gasteiger partial charge in [-0.05, 0) is 17.7 Å². The first-order valence-corrected chi connectivity index (χ1v) is 13.1. The number of piperazine rings is 1. The number of hydrogen-bond donors (Lipinski definition) is 6. The van der Waals surface area contributed by atoms with Crippen LogP contribution in [0.5, 0.6) is 0 Å². The van der Waals surface area contributed by atoms with E-state index in [0.29, 0.717) is 18.1 Å². The van der Waals surface area contributed by atoms with Gasteiger partial charge < -0.3 is 10.6 Å². The molecule has 10 nitrogen and oxygen atoms in total. The van der Waals surface area contributed by atoms with Gasteiger partial charge in [-0.1, -0.05) is 12.1 Å². The molecule has 0 aromatic heterocycles. The molecule has 1 amide bonds. The summed E-state index contributed by atoms with van der Waals surface area (Å²) in [6.07, 6.45) is -0.273. The van der Waals surface area contributed by atoms with Crippen LogP contribution >= 0.6 is 0 Å². The van der Waals surface area contributed by atoms with E-state index in [0.717, 1.165) is 51.5 Å². The summed E-state index contributed by atoms with van der Waals surface area (Å²) in [5, 5.41) is 14.1. The molecular formula is C21H34N8O2S. The van der Waals surface area contributed by atoms with E-state index in [-0.39, 0.29) is 30.3 Å². The third-order valence-corrected chi connectivity index (χ3v) is 8.08. The van der Waals surface area contributed by atoms with Crippen molar-refractivity contribution in [3.05, 3.63) is 29.8 Å². The molecule has 4 aliphatic heterocycles. The highest BCUT2D eigenvalue weighted by Gasteiger charge is 2.45. The number of nitrogens with one attached hydrogen (secondary N) is 6. The number of hydrogen-bond acceptors (Lipinski definition) is 9. The molecule has 4 aliphatic rings. The van der Waals surface area contributed by atoms with Gasteiger partial charge in [-0.2, -0.15) is 0 Å². The fourth-order valence-electron chi connectivity index (χ4n) is 4.98. The largest absolute Gasteiger partial charge is 0.369 e. The van der Waals surface area contributed by atoms with Gasteiger partial charge in [0.2, 0.25) is 5.91 Å². The fourth-order valence-corrected chi connectivity index (χ4v) is 6.06. The van der Waals surface area contributed by atoms with E-state index in [1.54, 1.807) is 0 Å². The Morgan fingerprint density at radius 1 is 1.03 bits per heavy atom. The van der Waals surface area contributed by atoms with Crippen LogP contribution in [0.15, 0.2) is 24.3 Å². The predicted molar refractivity (Wildman–Crippen MR) is 125 cm³/mol. The molecule has 4 unspecified atom stereocenters. The molecule has 0 aliphatic carbocycles. The number of amides is 1. The van der Waals surface area contributed by atoms with Crippen LogP contribution in [0.3, 0.4) is 0 Å². The average molecular weight is 463 g/mol. The van der Waals surface area contributed by atoms with Gasteiger partial charge in [-0.25, -0.2) is 5.43 Å². The van der Waals surface area contributed by atoms with Gasteiger partial charge in [0, 0.05) is 86.4 Å². The maximum Gasteiger partial charge on any atom is 0.242 e. The quantitative estimate of drug-likeness (QED) is 0.296. The zero-order valence-corrected chi connectivity index (χ0v) is 19.1. The Balaban J connectivity index is 1.26. The third kappa shape index (κ3) is 5.14. The van der Waals surface area contributed by atoms with Crippen molar-refractivity contribution in [3.8, 4) is 0 Å². The maximum absolute atomic E-state index is 12.7. The number of benzene rings is 1. The zero-order valence-electron chi connectivity index (χ0n) is 18.3. The summed E-state index contributed by atoms with van der Waals surface area (Å²) in [6, 6.07) is 8.56. The van der Waals surface area contributed by atoms with Crippen LogP contribution in [-0.4, -0.2) is 95.7 Å². The Labute approximate surface area is 191 Å². The van der Waals surface area contributed by atoms with E-state index in [9.17, 15) is 9.00 Å². The second-order valence-corrected chi connectivity index (χ2v) is 10.7. The second-order valence-electron chi connectivity index (χ2n) is 8.97. The summed E-state index contributed by atoms with van der Waals surface area (Å²) in [5.74, 6) is 1.12. The van der Waals surface area contributed by atoms with Crippen molar-refractivity contribution in [3.63, 3.8) is 0 Å². The lowest BCUT2D eigenvalue weighted by molar-refractivity contribution is -0.132. The van der Waals surface area contributed by atoms with E-state index < -0.39 is 10.8 Å². The molecule has 0 bridgehead atoms. The van der Waals surface area contributed by atoms with Crippen molar-refractivity contribution in [2.75, 3.05) is 62.6 Å². The molecule has 4 saturated heterocycles.